The monoisotopic (exact) mass is 349 g/mol. The van der Waals surface area contributed by atoms with Crippen molar-refractivity contribution in [3.63, 3.8) is 0 Å². The Morgan fingerprint density at radius 2 is 2.00 bits per heavy atom. The summed E-state index contributed by atoms with van der Waals surface area (Å²) < 4.78 is 39.1. The van der Waals surface area contributed by atoms with Gasteiger partial charge in [0.1, 0.15) is 0 Å². The normalized spacial score (nSPS) is 13.5. The number of halogens is 4. The maximum Gasteiger partial charge on any atom is 0.416 e. The van der Waals surface area contributed by atoms with Crippen molar-refractivity contribution in [3.05, 3.63) is 56.2 Å². The van der Waals surface area contributed by atoms with E-state index in [1.807, 2.05) is 10.8 Å². The molecule has 102 valence electrons. The van der Waals surface area contributed by atoms with Crippen molar-refractivity contribution in [2.45, 2.75) is 12.2 Å². The molecule has 1 heterocycles. The van der Waals surface area contributed by atoms with E-state index in [-0.39, 0.29) is 6.04 Å². The minimum absolute atomic E-state index is 0.261. The van der Waals surface area contributed by atoms with Crippen LogP contribution in [0.1, 0.15) is 22.7 Å². The van der Waals surface area contributed by atoms with Gasteiger partial charge in [-0.15, -0.1) is 0 Å². The lowest BCUT2D eigenvalue weighted by Crippen LogP contribution is -2.18. The van der Waals surface area contributed by atoms with Gasteiger partial charge in [0.15, 0.2) is 0 Å². The number of hydrogen-bond acceptors (Lipinski definition) is 2. The van der Waals surface area contributed by atoms with E-state index in [1.165, 1.54) is 23.5 Å². The smallest absolute Gasteiger partial charge is 0.309 e. The molecular formula is C13H11BrF3NS. The summed E-state index contributed by atoms with van der Waals surface area (Å²) in [7, 11) is 1.73. The van der Waals surface area contributed by atoms with E-state index in [4.69, 9.17) is 0 Å². The van der Waals surface area contributed by atoms with Gasteiger partial charge in [-0.3, -0.25) is 0 Å². The standard InChI is InChI=1S/C13H11BrF3NS/c1-18-12(10-6-19-7-11(10)14)8-3-2-4-9(5-8)13(15,16)17/h2-7,12,18H,1H3. The van der Waals surface area contributed by atoms with Gasteiger partial charge in [0.25, 0.3) is 0 Å². The lowest BCUT2D eigenvalue weighted by molar-refractivity contribution is -0.137. The molecule has 0 saturated heterocycles. The van der Waals surface area contributed by atoms with Crippen LogP contribution in [0.25, 0.3) is 0 Å². The second-order valence-electron chi connectivity index (χ2n) is 4.02. The van der Waals surface area contributed by atoms with Crippen LogP contribution in [-0.4, -0.2) is 7.05 Å². The Labute approximate surface area is 121 Å². The van der Waals surface area contributed by atoms with Crippen LogP contribution >= 0.6 is 27.3 Å². The van der Waals surface area contributed by atoms with Crippen molar-refractivity contribution in [1.29, 1.82) is 0 Å². The minimum Gasteiger partial charge on any atom is -0.309 e. The summed E-state index contributed by atoms with van der Waals surface area (Å²) in [4.78, 5) is 0. The Morgan fingerprint density at radius 1 is 1.26 bits per heavy atom. The molecule has 1 aromatic carbocycles. The molecule has 0 saturated carbocycles. The van der Waals surface area contributed by atoms with Crippen LogP contribution in [0.2, 0.25) is 0 Å². The highest BCUT2D eigenvalue weighted by molar-refractivity contribution is 9.10. The molecule has 0 aliphatic rings. The number of nitrogens with one attached hydrogen (secondary N) is 1. The Bertz CT molecular complexity index is 565. The van der Waals surface area contributed by atoms with Crippen LogP contribution in [0.4, 0.5) is 13.2 Å². The first-order valence-electron chi connectivity index (χ1n) is 5.49. The number of rotatable bonds is 3. The highest BCUT2D eigenvalue weighted by Gasteiger charge is 2.31. The van der Waals surface area contributed by atoms with Crippen molar-refractivity contribution in [2.75, 3.05) is 7.05 Å². The third-order valence-corrected chi connectivity index (χ3v) is 4.54. The summed E-state index contributed by atoms with van der Waals surface area (Å²) >= 11 is 4.92. The van der Waals surface area contributed by atoms with Crippen LogP contribution in [0, 0.1) is 0 Å². The van der Waals surface area contributed by atoms with Gasteiger partial charge in [0.05, 0.1) is 11.6 Å². The van der Waals surface area contributed by atoms with Gasteiger partial charge in [-0.25, -0.2) is 0 Å². The third kappa shape index (κ3) is 3.19. The molecule has 1 N–H and O–H groups in total. The quantitative estimate of drug-likeness (QED) is 0.835. The average Bonchev–Trinajstić information content (AvgIpc) is 2.76. The van der Waals surface area contributed by atoms with Gasteiger partial charge in [0, 0.05) is 9.85 Å². The highest BCUT2D eigenvalue weighted by atomic mass is 79.9. The summed E-state index contributed by atoms with van der Waals surface area (Å²) in [5.74, 6) is 0. The molecule has 0 spiro atoms. The first-order chi connectivity index (χ1) is 8.93. The van der Waals surface area contributed by atoms with E-state index in [0.29, 0.717) is 5.56 Å². The SMILES string of the molecule is CNC(c1cccc(C(F)(F)F)c1)c1cscc1Br. The Balaban J connectivity index is 2.42. The Morgan fingerprint density at radius 3 is 2.53 bits per heavy atom. The summed E-state index contributed by atoms with van der Waals surface area (Å²) in [6, 6.07) is 5.14. The molecule has 1 atom stereocenters. The van der Waals surface area contributed by atoms with Gasteiger partial charge in [-0.2, -0.15) is 24.5 Å². The fourth-order valence-electron chi connectivity index (χ4n) is 1.89. The van der Waals surface area contributed by atoms with E-state index >= 15 is 0 Å². The van der Waals surface area contributed by atoms with Gasteiger partial charge >= 0.3 is 6.18 Å². The third-order valence-electron chi connectivity index (χ3n) is 2.79. The van der Waals surface area contributed by atoms with Crippen molar-refractivity contribution in [3.8, 4) is 0 Å². The first kappa shape index (κ1) is 14.6. The molecule has 1 aromatic heterocycles. The number of benzene rings is 1. The maximum absolute atomic E-state index is 12.7. The van der Waals surface area contributed by atoms with E-state index in [2.05, 4.69) is 21.2 Å². The van der Waals surface area contributed by atoms with Gasteiger partial charge in [-0.05, 0) is 51.6 Å². The second kappa shape index (κ2) is 5.64. The predicted octanol–water partition coefficient (Wildman–Crippen LogP) is 4.84. The molecule has 1 nitrogen and oxygen atoms in total. The topological polar surface area (TPSA) is 12.0 Å². The fraction of sp³-hybridized carbons (Fsp3) is 0.231. The van der Waals surface area contributed by atoms with Gasteiger partial charge in [0.2, 0.25) is 0 Å². The van der Waals surface area contributed by atoms with Crippen molar-refractivity contribution in [1.82, 2.24) is 5.32 Å². The van der Waals surface area contributed by atoms with Gasteiger partial charge in [-0.1, -0.05) is 12.1 Å². The molecule has 1 unspecified atom stereocenters. The number of hydrogen-bond donors (Lipinski definition) is 1. The van der Waals surface area contributed by atoms with E-state index < -0.39 is 11.7 Å². The molecule has 2 rings (SSSR count). The lowest BCUT2D eigenvalue weighted by Gasteiger charge is -2.18. The molecule has 0 aliphatic heterocycles. The lowest BCUT2D eigenvalue weighted by atomic mass is 9.99. The first-order valence-corrected chi connectivity index (χ1v) is 7.23. The van der Waals surface area contributed by atoms with E-state index in [9.17, 15) is 13.2 Å². The van der Waals surface area contributed by atoms with Crippen molar-refractivity contribution < 1.29 is 13.2 Å². The second-order valence-corrected chi connectivity index (χ2v) is 5.62. The zero-order chi connectivity index (χ0) is 14.0. The zero-order valence-corrected chi connectivity index (χ0v) is 12.4. The van der Waals surface area contributed by atoms with Crippen molar-refractivity contribution >= 4 is 27.3 Å². The summed E-state index contributed by atoms with van der Waals surface area (Å²) in [5, 5.41) is 6.88. The van der Waals surface area contributed by atoms with Crippen LogP contribution in [0.3, 0.4) is 0 Å². The highest BCUT2D eigenvalue weighted by Crippen LogP contribution is 2.34. The summed E-state index contributed by atoms with van der Waals surface area (Å²) in [5.41, 5.74) is 0.903. The largest absolute Gasteiger partial charge is 0.416 e. The zero-order valence-electron chi connectivity index (χ0n) is 9.96. The molecule has 2 aromatic rings. The van der Waals surface area contributed by atoms with E-state index in [0.717, 1.165) is 16.1 Å². The van der Waals surface area contributed by atoms with Crippen LogP contribution in [0.15, 0.2) is 39.5 Å². The van der Waals surface area contributed by atoms with Gasteiger partial charge < -0.3 is 5.32 Å². The molecule has 0 aliphatic carbocycles. The average molecular weight is 350 g/mol. The number of thiophene rings is 1. The molecule has 0 radical (unpaired) electrons. The number of alkyl halides is 3. The molecule has 0 fully saturated rings. The maximum atomic E-state index is 12.7. The summed E-state index contributed by atoms with van der Waals surface area (Å²) in [6.45, 7) is 0. The minimum atomic E-state index is -4.32. The Hall–Kier alpha value is -0.850. The molecular weight excluding hydrogens is 339 g/mol. The molecule has 6 heteroatoms. The summed E-state index contributed by atoms with van der Waals surface area (Å²) in [6.07, 6.45) is -4.32. The fourth-order valence-corrected chi connectivity index (χ4v) is 3.45. The van der Waals surface area contributed by atoms with Crippen LogP contribution < -0.4 is 5.32 Å². The molecule has 0 bridgehead atoms. The predicted molar refractivity (Wildman–Crippen MR) is 74.4 cm³/mol. The van der Waals surface area contributed by atoms with Crippen molar-refractivity contribution in [2.24, 2.45) is 0 Å². The van der Waals surface area contributed by atoms with E-state index in [1.54, 1.807) is 13.1 Å². The Kier molecular flexibility index (Phi) is 4.32. The van der Waals surface area contributed by atoms with Crippen LogP contribution in [0.5, 0.6) is 0 Å². The molecule has 0 amide bonds. The molecule has 19 heavy (non-hydrogen) atoms. The van der Waals surface area contributed by atoms with Crippen LogP contribution in [-0.2, 0) is 6.18 Å².